The van der Waals surface area contributed by atoms with Crippen molar-refractivity contribution < 1.29 is 18.0 Å². The number of likely N-dealkylation sites (tertiary alicyclic amines) is 1. The number of carbonyl (C=O) groups excluding carboxylic acids is 2. The average Bonchev–Trinajstić information content (AvgIpc) is 3.38. The van der Waals surface area contributed by atoms with Gasteiger partial charge in [0.2, 0.25) is 5.91 Å². The maximum atomic E-state index is 13.1. The molecule has 2 aliphatic rings. The van der Waals surface area contributed by atoms with Gasteiger partial charge >= 0.3 is 0 Å². The number of anilines is 1. The van der Waals surface area contributed by atoms with Gasteiger partial charge in [-0.25, -0.2) is 0 Å². The van der Waals surface area contributed by atoms with Gasteiger partial charge in [-0.05, 0) is 57.0 Å². The molecule has 1 atom stereocenters. The molecular formula is C23H26N4O4S. The fraction of sp³-hybridized carbons (Fsp3) is 0.348. The molecule has 2 heterocycles. The summed E-state index contributed by atoms with van der Waals surface area (Å²) >= 11 is 0. The van der Waals surface area contributed by atoms with Gasteiger partial charge in [-0.2, -0.15) is 8.42 Å². The second-order valence-corrected chi connectivity index (χ2v) is 9.36. The number of carbonyl (C=O) groups is 2. The monoisotopic (exact) mass is 454 g/mol. The van der Waals surface area contributed by atoms with Crippen LogP contribution in [-0.2, 0) is 14.8 Å². The van der Waals surface area contributed by atoms with Crippen molar-refractivity contribution >= 4 is 33.4 Å². The summed E-state index contributed by atoms with van der Waals surface area (Å²) in [6.07, 6.45) is 1.34. The third-order valence-corrected chi connectivity index (χ3v) is 7.19. The number of hydrogen-bond acceptors (Lipinski definition) is 5. The van der Waals surface area contributed by atoms with Crippen molar-refractivity contribution in [3.05, 3.63) is 59.7 Å². The van der Waals surface area contributed by atoms with E-state index >= 15 is 0 Å². The summed E-state index contributed by atoms with van der Waals surface area (Å²) in [5.74, 6) is -0.0150. The van der Waals surface area contributed by atoms with Crippen LogP contribution in [0.4, 0.5) is 5.69 Å². The number of amidine groups is 1. The van der Waals surface area contributed by atoms with E-state index in [4.69, 9.17) is 0 Å². The Morgan fingerprint density at radius 3 is 2.62 bits per heavy atom. The SMILES string of the molecule is CCN(CC)C(=O)c1cccc(NC(=O)[C@@H]2CCCN2C2=NS(=O)(=O)c3ccccc32)c1. The van der Waals surface area contributed by atoms with E-state index in [0.29, 0.717) is 48.7 Å². The van der Waals surface area contributed by atoms with E-state index in [1.54, 1.807) is 52.3 Å². The molecule has 0 bridgehead atoms. The summed E-state index contributed by atoms with van der Waals surface area (Å²) in [5.41, 5.74) is 1.57. The highest BCUT2D eigenvalue weighted by Crippen LogP contribution is 2.31. The quantitative estimate of drug-likeness (QED) is 0.749. The Kier molecular flexibility index (Phi) is 6.01. The van der Waals surface area contributed by atoms with Crippen LogP contribution in [0.25, 0.3) is 0 Å². The Hall–Kier alpha value is -3.20. The van der Waals surface area contributed by atoms with Gasteiger partial charge < -0.3 is 15.1 Å². The molecule has 1 saturated heterocycles. The highest BCUT2D eigenvalue weighted by Gasteiger charge is 2.39. The standard InChI is InChI=1S/C23H26N4O4S/c1-3-26(4-2)23(29)16-9-7-10-17(15-16)24-22(28)19-12-8-14-27(19)21-18-11-5-6-13-20(18)32(30,31)25-21/h5-7,9-11,13,15,19H,3-4,8,12,14H2,1-2H3,(H,24,28)/t19-/m0/s1. The van der Waals surface area contributed by atoms with Crippen LogP contribution in [0.2, 0.25) is 0 Å². The van der Waals surface area contributed by atoms with Crippen molar-refractivity contribution in [2.45, 2.75) is 37.6 Å². The molecule has 9 heteroatoms. The van der Waals surface area contributed by atoms with E-state index in [9.17, 15) is 18.0 Å². The van der Waals surface area contributed by atoms with Gasteiger partial charge in [-0.15, -0.1) is 4.40 Å². The van der Waals surface area contributed by atoms with E-state index < -0.39 is 16.1 Å². The zero-order valence-corrected chi connectivity index (χ0v) is 18.9. The number of amides is 2. The average molecular weight is 455 g/mol. The van der Waals surface area contributed by atoms with Gasteiger partial charge in [0.15, 0.2) is 5.84 Å². The lowest BCUT2D eigenvalue weighted by Crippen LogP contribution is -2.43. The largest absolute Gasteiger partial charge is 0.343 e. The molecule has 4 rings (SSSR count). The van der Waals surface area contributed by atoms with Crippen LogP contribution in [0.3, 0.4) is 0 Å². The Morgan fingerprint density at radius 2 is 1.88 bits per heavy atom. The van der Waals surface area contributed by atoms with Gasteiger partial charge in [-0.3, -0.25) is 9.59 Å². The Balaban J connectivity index is 1.55. The first-order valence-electron chi connectivity index (χ1n) is 10.8. The van der Waals surface area contributed by atoms with Crippen molar-refractivity contribution in [2.24, 2.45) is 4.40 Å². The van der Waals surface area contributed by atoms with E-state index in [1.165, 1.54) is 6.07 Å². The number of nitrogens with zero attached hydrogens (tertiary/aromatic N) is 3. The molecule has 1 N–H and O–H groups in total. The molecule has 0 unspecified atom stereocenters. The van der Waals surface area contributed by atoms with E-state index in [2.05, 4.69) is 9.71 Å². The molecule has 2 aromatic rings. The molecule has 0 aromatic heterocycles. The fourth-order valence-corrected chi connectivity index (χ4v) is 5.45. The van der Waals surface area contributed by atoms with Crippen LogP contribution in [0.1, 0.15) is 42.6 Å². The van der Waals surface area contributed by atoms with Crippen LogP contribution in [0.15, 0.2) is 57.8 Å². The molecule has 32 heavy (non-hydrogen) atoms. The van der Waals surface area contributed by atoms with Crippen LogP contribution in [0.5, 0.6) is 0 Å². The Morgan fingerprint density at radius 1 is 1.12 bits per heavy atom. The normalized spacial score (nSPS) is 18.8. The summed E-state index contributed by atoms with van der Waals surface area (Å²) in [6, 6.07) is 13.0. The van der Waals surface area contributed by atoms with Gasteiger partial charge in [0, 0.05) is 36.4 Å². The van der Waals surface area contributed by atoms with Crippen molar-refractivity contribution in [1.82, 2.24) is 9.80 Å². The predicted molar refractivity (Wildman–Crippen MR) is 122 cm³/mol. The van der Waals surface area contributed by atoms with Crippen molar-refractivity contribution in [1.29, 1.82) is 0 Å². The van der Waals surface area contributed by atoms with Gasteiger partial charge in [0.25, 0.3) is 15.9 Å². The zero-order chi connectivity index (χ0) is 22.9. The zero-order valence-electron chi connectivity index (χ0n) is 18.1. The predicted octanol–water partition coefficient (Wildman–Crippen LogP) is 2.72. The molecule has 8 nitrogen and oxygen atoms in total. The molecule has 2 amide bonds. The van der Waals surface area contributed by atoms with E-state index in [-0.39, 0.29) is 16.7 Å². The van der Waals surface area contributed by atoms with Crippen molar-refractivity contribution in [3.8, 4) is 0 Å². The second kappa shape index (κ2) is 8.74. The molecule has 168 valence electrons. The molecule has 0 spiro atoms. The Bertz CT molecular complexity index is 1190. The van der Waals surface area contributed by atoms with Gasteiger partial charge in [0.05, 0.1) is 0 Å². The van der Waals surface area contributed by atoms with Crippen molar-refractivity contribution in [2.75, 3.05) is 25.0 Å². The van der Waals surface area contributed by atoms with Crippen LogP contribution < -0.4 is 5.32 Å². The molecule has 2 aliphatic heterocycles. The second-order valence-electron chi connectivity index (χ2n) is 7.79. The van der Waals surface area contributed by atoms with Crippen LogP contribution in [-0.4, -0.2) is 61.5 Å². The van der Waals surface area contributed by atoms with Crippen LogP contribution >= 0.6 is 0 Å². The summed E-state index contributed by atoms with van der Waals surface area (Å²) < 4.78 is 28.9. The number of rotatable bonds is 5. The minimum Gasteiger partial charge on any atom is -0.343 e. The lowest BCUT2D eigenvalue weighted by molar-refractivity contribution is -0.119. The minimum atomic E-state index is -3.76. The highest BCUT2D eigenvalue weighted by atomic mass is 32.2. The van der Waals surface area contributed by atoms with Crippen molar-refractivity contribution in [3.63, 3.8) is 0 Å². The number of benzene rings is 2. The third kappa shape index (κ3) is 4.00. The maximum absolute atomic E-state index is 13.1. The maximum Gasteiger partial charge on any atom is 0.285 e. The summed E-state index contributed by atoms with van der Waals surface area (Å²) in [5, 5.41) is 2.90. The number of nitrogens with one attached hydrogen (secondary N) is 1. The van der Waals surface area contributed by atoms with Crippen LogP contribution in [0, 0.1) is 0 Å². The molecule has 0 radical (unpaired) electrons. The number of sulfonamides is 1. The first-order chi connectivity index (χ1) is 15.4. The fourth-order valence-electron chi connectivity index (χ4n) is 4.24. The molecule has 0 saturated carbocycles. The number of fused-ring (bicyclic) bond motifs is 1. The third-order valence-electron chi connectivity index (χ3n) is 5.87. The molecule has 1 fully saturated rings. The van der Waals surface area contributed by atoms with Gasteiger partial charge in [0.1, 0.15) is 10.9 Å². The topological polar surface area (TPSA) is 99.2 Å². The van der Waals surface area contributed by atoms with E-state index in [0.717, 1.165) is 6.42 Å². The van der Waals surface area contributed by atoms with E-state index in [1.807, 2.05) is 13.8 Å². The first kappa shape index (κ1) is 22.0. The lowest BCUT2D eigenvalue weighted by Gasteiger charge is -2.25. The molecule has 0 aliphatic carbocycles. The first-order valence-corrected chi connectivity index (χ1v) is 12.2. The Labute approximate surface area is 188 Å². The minimum absolute atomic E-state index is 0.0873. The summed E-state index contributed by atoms with van der Waals surface area (Å²) in [6.45, 7) is 5.60. The summed E-state index contributed by atoms with van der Waals surface area (Å²) in [4.78, 5) is 29.4. The summed E-state index contributed by atoms with van der Waals surface area (Å²) in [7, 11) is -3.76. The molecular weight excluding hydrogens is 428 g/mol. The molecule has 2 aromatic carbocycles. The number of hydrogen-bond donors (Lipinski definition) is 1. The highest BCUT2D eigenvalue weighted by molar-refractivity contribution is 7.90. The lowest BCUT2D eigenvalue weighted by atomic mass is 10.1. The smallest absolute Gasteiger partial charge is 0.285 e. The van der Waals surface area contributed by atoms with Gasteiger partial charge in [-0.1, -0.05) is 18.2 Å².